The average Bonchev–Trinajstić information content (AvgIpc) is 2.28. The highest BCUT2D eigenvalue weighted by atomic mass is 19.1. The number of rotatable bonds is 6. The molecule has 0 aliphatic heterocycles. The molecule has 0 bridgehead atoms. The van der Waals surface area contributed by atoms with Crippen molar-refractivity contribution in [1.29, 1.82) is 0 Å². The summed E-state index contributed by atoms with van der Waals surface area (Å²) in [5.41, 5.74) is 7.29. The van der Waals surface area contributed by atoms with E-state index >= 15 is 0 Å². The molecule has 1 aliphatic rings. The Balaban J connectivity index is 1.80. The molecule has 2 rings (SSSR count). The first-order valence-electron chi connectivity index (χ1n) is 6.77. The van der Waals surface area contributed by atoms with E-state index in [-0.39, 0.29) is 5.82 Å². The monoisotopic (exact) mass is 250 g/mol. The number of benzene rings is 1. The second-order valence-electron chi connectivity index (χ2n) is 5.68. The maximum atomic E-state index is 13.1. The largest absolute Gasteiger partial charge is 0.330 e. The SMILES string of the molecule is CN(CCC1(CN)CCC1)Cc1cccc(F)c1. The zero-order valence-electron chi connectivity index (χ0n) is 11.2. The van der Waals surface area contributed by atoms with E-state index in [9.17, 15) is 4.39 Å². The molecule has 0 aromatic heterocycles. The number of halogens is 1. The van der Waals surface area contributed by atoms with Gasteiger partial charge in [0.15, 0.2) is 0 Å². The number of hydrogen-bond donors (Lipinski definition) is 1. The standard InChI is InChI=1S/C15H23FN2/c1-18(9-8-15(12-17)6-3-7-15)11-13-4-2-5-14(16)10-13/h2,4-5,10H,3,6-9,11-12,17H2,1H3. The Morgan fingerprint density at radius 3 is 2.72 bits per heavy atom. The first-order valence-corrected chi connectivity index (χ1v) is 6.77. The molecule has 1 saturated carbocycles. The average molecular weight is 250 g/mol. The van der Waals surface area contributed by atoms with Crippen LogP contribution in [-0.2, 0) is 6.54 Å². The molecule has 2 nitrogen and oxygen atoms in total. The van der Waals surface area contributed by atoms with Crippen LogP contribution in [0.4, 0.5) is 4.39 Å². The van der Waals surface area contributed by atoms with Gasteiger partial charge in [-0.1, -0.05) is 18.6 Å². The van der Waals surface area contributed by atoms with Crippen molar-refractivity contribution < 1.29 is 4.39 Å². The fraction of sp³-hybridized carbons (Fsp3) is 0.600. The third-order valence-electron chi connectivity index (χ3n) is 4.21. The lowest BCUT2D eigenvalue weighted by atomic mass is 9.66. The van der Waals surface area contributed by atoms with Crippen molar-refractivity contribution in [3.05, 3.63) is 35.6 Å². The minimum atomic E-state index is -0.154. The molecule has 0 spiro atoms. The molecule has 0 unspecified atom stereocenters. The summed E-state index contributed by atoms with van der Waals surface area (Å²) in [6, 6.07) is 6.84. The van der Waals surface area contributed by atoms with Gasteiger partial charge in [-0.25, -0.2) is 4.39 Å². The van der Waals surface area contributed by atoms with Gasteiger partial charge >= 0.3 is 0 Å². The summed E-state index contributed by atoms with van der Waals surface area (Å²) >= 11 is 0. The first kappa shape index (κ1) is 13.5. The van der Waals surface area contributed by atoms with E-state index in [2.05, 4.69) is 11.9 Å². The van der Waals surface area contributed by atoms with E-state index in [1.165, 1.54) is 25.3 Å². The third-order valence-corrected chi connectivity index (χ3v) is 4.21. The first-order chi connectivity index (χ1) is 8.63. The fourth-order valence-electron chi connectivity index (χ4n) is 2.69. The maximum Gasteiger partial charge on any atom is 0.123 e. The van der Waals surface area contributed by atoms with Gasteiger partial charge in [-0.3, -0.25) is 0 Å². The molecule has 3 heteroatoms. The van der Waals surface area contributed by atoms with Gasteiger partial charge in [0.25, 0.3) is 0 Å². The lowest BCUT2D eigenvalue weighted by Crippen LogP contribution is -2.39. The van der Waals surface area contributed by atoms with Gasteiger partial charge in [0.05, 0.1) is 0 Å². The smallest absolute Gasteiger partial charge is 0.123 e. The van der Waals surface area contributed by atoms with E-state index in [4.69, 9.17) is 5.73 Å². The summed E-state index contributed by atoms with van der Waals surface area (Å²) in [6.07, 6.45) is 5.04. The predicted molar refractivity (Wildman–Crippen MR) is 72.7 cm³/mol. The van der Waals surface area contributed by atoms with Gasteiger partial charge in [0.2, 0.25) is 0 Å². The Morgan fingerprint density at radius 2 is 2.17 bits per heavy atom. The maximum absolute atomic E-state index is 13.1. The summed E-state index contributed by atoms with van der Waals surface area (Å²) in [5, 5.41) is 0. The van der Waals surface area contributed by atoms with Crippen LogP contribution in [0.15, 0.2) is 24.3 Å². The highest BCUT2D eigenvalue weighted by Crippen LogP contribution is 2.42. The van der Waals surface area contributed by atoms with E-state index in [1.54, 1.807) is 12.1 Å². The summed E-state index contributed by atoms with van der Waals surface area (Å²) in [4.78, 5) is 2.25. The van der Waals surface area contributed by atoms with Crippen molar-refractivity contribution in [2.24, 2.45) is 11.1 Å². The van der Waals surface area contributed by atoms with Crippen LogP contribution in [0.25, 0.3) is 0 Å². The molecule has 0 radical (unpaired) electrons. The molecule has 0 atom stereocenters. The molecule has 0 saturated heterocycles. The molecule has 1 aromatic rings. The Hall–Kier alpha value is -0.930. The van der Waals surface area contributed by atoms with Crippen LogP contribution >= 0.6 is 0 Å². The normalized spacial score (nSPS) is 17.8. The fourth-order valence-corrected chi connectivity index (χ4v) is 2.69. The summed E-state index contributed by atoms with van der Waals surface area (Å²) in [7, 11) is 2.09. The predicted octanol–water partition coefficient (Wildman–Crippen LogP) is 2.78. The van der Waals surface area contributed by atoms with E-state index in [0.29, 0.717) is 5.41 Å². The molecular weight excluding hydrogens is 227 g/mol. The van der Waals surface area contributed by atoms with Gasteiger partial charge in [-0.05, 0) is 62.5 Å². The number of hydrogen-bond acceptors (Lipinski definition) is 2. The Kier molecular flexibility index (Phi) is 4.36. The van der Waals surface area contributed by atoms with Crippen LogP contribution < -0.4 is 5.73 Å². The molecule has 0 amide bonds. The molecule has 1 aromatic carbocycles. The van der Waals surface area contributed by atoms with Crippen LogP contribution in [0.5, 0.6) is 0 Å². The van der Waals surface area contributed by atoms with Gasteiger partial charge in [-0.2, -0.15) is 0 Å². The van der Waals surface area contributed by atoms with Crippen molar-refractivity contribution in [1.82, 2.24) is 4.90 Å². The third kappa shape index (κ3) is 3.30. The molecular formula is C15H23FN2. The zero-order chi connectivity index (χ0) is 13.0. The molecule has 0 heterocycles. The molecule has 1 fully saturated rings. The highest BCUT2D eigenvalue weighted by Gasteiger charge is 2.35. The topological polar surface area (TPSA) is 29.3 Å². The van der Waals surface area contributed by atoms with Crippen LogP contribution in [0.2, 0.25) is 0 Å². The summed E-state index contributed by atoms with van der Waals surface area (Å²) in [6.45, 7) is 2.65. The van der Waals surface area contributed by atoms with E-state index in [0.717, 1.165) is 31.6 Å². The molecule has 100 valence electrons. The van der Waals surface area contributed by atoms with Crippen LogP contribution in [0, 0.1) is 11.2 Å². The summed E-state index contributed by atoms with van der Waals surface area (Å²) < 4.78 is 13.1. The van der Waals surface area contributed by atoms with Crippen molar-refractivity contribution in [3.63, 3.8) is 0 Å². The lowest BCUT2D eigenvalue weighted by Gasteiger charge is -2.42. The van der Waals surface area contributed by atoms with Crippen molar-refractivity contribution >= 4 is 0 Å². The van der Waals surface area contributed by atoms with Gasteiger partial charge < -0.3 is 10.6 Å². The molecule has 18 heavy (non-hydrogen) atoms. The Bertz CT molecular complexity index is 382. The molecule has 1 aliphatic carbocycles. The van der Waals surface area contributed by atoms with Gasteiger partial charge in [-0.15, -0.1) is 0 Å². The minimum Gasteiger partial charge on any atom is -0.330 e. The van der Waals surface area contributed by atoms with Crippen LogP contribution in [-0.4, -0.2) is 25.0 Å². The lowest BCUT2D eigenvalue weighted by molar-refractivity contribution is 0.111. The highest BCUT2D eigenvalue weighted by molar-refractivity contribution is 5.16. The van der Waals surface area contributed by atoms with Crippen LogP contribution in [0.1, 0.15) is 31.2 Å². The van der Waals surface area contributed by atoms with Crippen LogP contribution in [0.3, 0.4) is 0 Å². The van der Waals surface area contributed by atoms with Crippen molar-refractivity contribution in [2.45, 2.75) is 32.2 Å². The zero-order valence-corrected chi connectivity index (χ0v) is 11.2. The quantitative estimate of drug-likeness (QED) is 0.841. The minimum absolute atomic E-state index is 0.154. The van der Waals surface area contributed by atoms with E-state index in [1.807, 2.05) is 6.07 Å². The van der Waals surface area contributed by atoms with Gasteiger partial charge in [0.1, 0.15) is 5.82 Å². The van der Waals surface area contributed by atoms with E-state index < -0.39 is 0 Å². The van der Waals surface area contributed by atoms with Gasteiger partial charge in [0, 0.05) is 6.54 Å². The second kappa shape index (κ2) is 5.81. The summed E-state index contributed by atoms with van der Waals surface area (Å²) in [5.74, 6) is -0.154. The Labute approximate surface area is 109 Å². The molecule has 2 N–H and O–H groups in total. The number of nitrogens with two attached hydrogens (primary N) is 1. The van der Waals surface area contributed by atoms with Crippen molar-refractivity contribution in [2.75, 3.05) is 20.1 Å². The van der Waals surface area contributed by atoms with Crippen molar-refractivity contribution in [3.8, 4) is 0 Å². The second-order valence-corrected chi connectivity index (χ2v) is 5.68. The number of nitrogens with zero attached hydrogens (tertiary/aromatic N) is 1. The Morgan fingerprint density at radius 1 is 1.39 bits per heavy atom.